The van der Waals surface area contributed by atoms with E-state index in [4.69, 9.17) is 15.6 Å². The fraction of sp³-hybridized carbons (Fsp3) is 0.500. The molecule has 0 saturated carbocycles. The summed E-state index contributed by atoms with van der Waals surface area (Å²) >= 11 is 0. The molecule has 0 aliphatic rings. The van der Waals surface area contributed by atoms with Gasteiger partial charge in [-0.1, -0.05) is 12.5 Å². The monoisotopic (exact) mass is 269 g/mol. The lowest BCUT2D eigenvalue weighted by atomic mass is 9.94. The van der Waals surface area contributed by atoms with E-state index in [0.717, 1.165) is 12.8 Å². The van der Waals surface area contributed by atoms with Crippen LogP contribution in [0.4, 0.5) is 4.39 Å². The molecule has 0 saturated heterocycles. The first-order chi connectivity index (χ1) is 9.08. The summed E-state index contributed by atoms with van der Waals surface area (Å²) < 4.78 is 18.7. The third kappa shape index (κ3) is 4.87. The highest BCUT2D eigenvalue weighted by molar-refractivity contribution is 5.70. The van der Waals surface area contributed by atoms with Gasteiger partial charge >= 0.3 is 5.97 Å². The van der Waals surface area contributed by atoms with Crippen LogP contribution in [0.25, 0.3) is 0 Å². The van der Waals surface area contributed by atoms with Crippen molar-refractivity contribution in [3.8, 4) is 5.75 Å². The number of unbranched alkanes of at least 4 members (excludes halogenated alkanes) is 1. The Morgan fingerprint density at radius 1 is 1.47 bits per heavy atom. The fourth-order valence-electron chi connectivity index (χ4n) is 1.93. The second-order valence-corrected chi connectivity index (χ2v) is 4.48. The van der Waals surface area contributed by atoms with E-state index in [-0.39, 0.29) is 6.42 Å². The van der Waals surface area contributed by atoms with E-state index in [1.54, 1.807) is 12.1 Å². The first-order valence-corrected chi connectivity index (χ1v) is 6.33. The molecule has 0 fully saturated rings. The quantitative estimate of drug-likeness (QED) is 0.710. The van der Waals surface area contributed by atoms with Gasteiger partial charge in [0.1, 0.15) is 11.6 Å². The highest BCUT2D eigenvalue weighted by Gasteiger charge is 2.19. The zero-order valence-electron chi connectivity index (χ0n) is 11.1. The van der Waals surface area contributed by atoms with Gasteiger partial charge in [-0.2, -0.15) is 0 Å². The van der Waals surface area contributed by atoms with Gasteiger partial charge in [-0.15, -0.1) is 0 Å². The number of carboxylic acid groups (broad SMARTS) is 1. The SMILES string of the molecule is COc1ccc(CC(CCCCN)C(=O)O)c(F)c1. The topological polar surface area (TPSA) is 72.5 Å². The minimum absolute atomic E-state index is 0.190. The number of aliphatic carboxylic acids is 1. The number of methoxy groups -OCH3 is 1. The molecule has 1 atom stereocenters. The van der Waals surface area contributed by atoms with Crippen LogP contribution in [0.2, 0.25) is 0 Å². The Kier molecular flexibility index (Phi) is 6.29. The summed E-state index contributed by atoms with van der Waals surface area (Å²) in [6.45, 7) is 0.545. The predicted octanol–water partition coefficient (Wildman–Crippen LogP) is 2.21. The molecule has 0 radical (unpaired) electrons. The van der Waals surface area contributed by atoms with Crippen molar-refractivity contribution in [2.75, 3.05) is 13.7 Å². The summed E-state index contributed by atoms with van der Waals surface area (Å²) in [5.41, 5.74) is 5.78. The largest absolute Gasteiger partial charge is 0.497 e. The minimum Gasteiger partial charge on any atom is -0.497 e. The number of benzene rings is 1. The van der Waals surface area contributed by atoms with Crippen LogP contribution in [0.5, 0.6) is 5.75 Å². The molecule has 0 bridgehead atoms. The Hall–Kier alpha value is -1.62. The van der Waals surface area contributed by atoms with Crippen molar-refractivity contribution in [3.05, 3.63) is 29.6 Å². The molecule has 0 spiro atoms. The van der Waals surface area contributed by atoms with E-state index in [2.05, 4.69) is 0 Å². The zero-order valence-corrected chi connectivity index (χ0v) is 11.1. The fourth-order valence-corrected chi connectivity index (χ4v) is 1.93. The van der Waals surface area contributed by atoms with Gasteiger partial charge < -0.3 is 15.6 Å². The molecule has 19 heavy (non-hydrogen) atoms. The van der Waals surface area contributed by atoms with E-state index in [1.165, 1.54) is 13.2 Å². The number of carboxylic acids is 1. The number of ether oxygens (including phenoxy) is 1. The van der Waals surface area contributed by atoms with Gasteiger partial charge in [-0.05, 0) is 37.4 Å². The van der Waals surface area contributed by atoms with Crippen molar-refractivity contribution >= 4 is 5.97 Å². The van der Waals surface area contributed by atoms with Crippen molar-refractivity contribution in [2.24, 2.45) is 11.7 Å². The summed E-state index contributed by atoms with van der Waals surface area (Å²) in [5.74, 6) is -1.47. The molecule has 1 aromatic rings. The molecule has 5 heteroatoms. The van der Waals surface area contributed by atoms with Crippen LogP contribution >= 0.6 is 0 Å². The maximum atomic E-state index is 13.8. The molecule has 106 valence electrons. The highest BCUT2D eigenvalue weighted by Crippen LogP contribution is 2.21. The molecular weight excluding hydrogens is 249 g/mol. The van der Waals surface area contributed by atoms with Gasteiger partial charge in [0.05, 0.1) is 13.0 Å². The van der Waals surface area contributed by atoms with E-state index in [0.29, 0.717) is 24.3 Å². The number of nitrogens with two attached hydrogens (primary N) is 1. The molecule has 0 amide bonds. The van der Waals surface area contributed by atoms with Crippen molar-refractivity contribution in [3.63, 3.8) is 0 Å². The molecule has 4 nitrogen and oxygen atoms in total. The second kappa shape index (κ2) is 7.74. The molecule has 1 unspecified atom stereocenters. The Bertz CT molecular complexity index is 423. The van der Waals surface area contributed by atoms with E-state index < -0.39 is 17.7 Å². The van der Waals surface area contributed by atoms with Gasteiger partial charge in [0.25, 0.3) is 0 Å². The number of hydrogen-bond acceptors (Lipinski definition) is 3. The van der Waals surface area contributed by atoms with Crippen LogP contribution in [0.3, 0.4) is 0 Å². The molecule has 0 heterocycles. The van der Waals surface area contributed by atoms with Crippen molar-refractivity contribution < 1.29 is 19.0 Å². The zero-order chi connectivity index (χ0) is 14.3. The number of rotatable bonds is 8. The molecule has 1 aromatic carbocycles. The van der Waals surface area contributed by atoms with Crippen LogP contribution in [-0.2, 0) is 11.2 Å². The van der Waals surface area contributed by atoms with Crippen molar-refractivity contribution in [2.45, 2.75) is 25.7 Å². The van der Waals surface area contributed by atoms with Gasteiger partial charge in [0.2, 0.25) is 0 Å². The summed E-state index contributed by atoms with van der Waals surface area (Å²) in [7, 11) is 1.46. The summed E-state index contributed by atoms with van der Waals surface area (Å²) in [6.07, 6.45) is 2.23. The first-order valence-electron chi connectivity index (χ1n) is 6.33. The van der Waals surface area contributed by atoms with Gasteiger partial charge in [0, 0.05) is 6.07 Å². The third-order valence-electron chi connectivity index (χ3n) is 3.08. The van der Waals surface area contributed by atoms with Crippen molar-refractivity contribution in [1.82, 2.24) is 0 Å². The molecule has 0 aliphatic heterocycles. The number of hydrogen-bond donors (Lipinski definition) is 2. The Morgan fingerprint density at radius 3 is 2.74 bits per heavy atom. The average molecular weight is 269 g/mol. The van der Waals surface area contributed by atoms with E-state index in [1.807, 2.05) is 0 Å². The lowest BCUT2D eigenvalue weighted by molar-refractivity contribution is -0.142. The number of carbonyl (C=O) groups is 1. The maximum absolute atomic E-state index is 13.8. The van der Waals surface area contributed by atoms with E-state index in [9.17, 15) is 9.18 Å². The average Bonchev–Trinajstić information content (AvgIpc) is 2.39. The number of halogens is 1. The van der Waals surface area contributed by atoms with Crippen LogP contribution < -0.4 is 10.5 Å². The maximum Gasteiger partial charge on any atom is 0.306 e. The summed E-state index contributed by atoms with van der Waals surface area (Å²) in [4.78, 5) is 11.2. The first kappa shape index (κ1) is 15.4. The third-order valence-corrected chi connectivity index (χ3v) is 3.08. The smallest absolute Gasteiger partial charge is 0.306 e. The molecule has 0 aliphatic carbocycles. The van der Waals surface area contributed by atoms with Crippen LogP contribution in [0.15, 0.2) is 18.2 Å². The Morgan fingerprint density at radius 2 is 2.21 bits per heavy atom. The van der Waals surface area contributed by atoms with Gasteiger partial charge in [-0.25, -0.2) is 4.39 Å². The van der Waals surface area contributed by atoms with Gasteiger partial charge in [-0.3, -0.25) is 4.79 Å². The minimum atomic E-state index is -0.896. The molecule has 0 aromatic heterocycles. The standard InChI is InChI=1S/C14H20FNO3/c1-19-12-6-5-10(13(15)9-12)8-11(14(17)18)4-2-3-7-16/h5-6,9,11H,2-4,7-8,16H2,1H3,(H,17,18). The van der Waals surface area contributed by atoms with Crippen LogP contribution in [0.1, 0.15) is 24.8 Å². The summed E-state index contributed by atoms with van der Waals surface area (Å²) in [6, 6.07) is 4.48. The highest BCUT2D eigenvalue weighted by atomic mass is 19.1. The normalized spacial score (nSPS) is 12.2. The second-order valence-electron chi connectivity index (χ2n) is 4.48. The predicted molar refractivity (Wildman–Crippen MR) is 70.7 cm³/mol. The molecule has 1 rings (SSSR count). The van der Waals surface area contributed by atoms with Crippen LogP contribution in [-0.4, -0.2) is 24.7 Å². The Labute approximate surface area is 112 Å². The van der Waals surface area contributed by atoms with Gasteiger partial charge in [0.15, 0.2) is 0 Å². The molecular formula is C14H20FNO3. The van der Waals surface area contributed by atoms with E-state index >= 15 is 0 Å². The molecule has 3 N–H and O–H groups in total. The lowest BCUT2D eigenvalue weighted by Gasteiger charge is -2.13. The van der Waals surface area contributed by atoms with Crippen molar-refractivity contribution in [1.29, 1.82) is 0 Å². The Balaban J connectivity index is 2.70. The van der Waals surface area contributed by atoms with Crippen LogP contribution in [0, 0.1) is 11.7 Å². The lowest BCUT2D eigenvalue weighted by Crippen LogP contribution is -2.17. The summed E-state index contributed by atoms with van der Waals surface area (Å²) in [5, 5.41) is 9.15.